The first-order valence-electron chi connectivity index (χ1n) is 4.84. The molecular formula is C12H11NaO4S. The normalized spacial score (nSPS) is 10.7. The zero-order valence-corrected chi connectivity index (χ0v) is 9.55. The van der Waals surface area contributed by atoms with Crippen LogP contribution in [-0.2, 0) is 9.84 Å². The van der Waals surface area contributed by atoms with Crippen molar-refractivity contribution in [1.29, 1.82) is 0 Å². The Hall–Kier alpha value is -1.01. The van der Waals surface area contributed by atoms with Gasteiger partial charge in [-0.05, 0) is 24.3 Å². The molecule has 0 aliphatic rings. The van der Waals surface area contributed by atoms with Crippen LogP contribution in [0.4, 0.5) is 0 Å². The molecule has 6 heteroatoms. The topological polar surface area (TPSA) is 74.6 Å². The molecule has 0 aromatic heterocycles. The molecule has 0 heterocycles. The third-order valence-electron chi connectivity index (χ3n) is 2.31. The van der Waals surface area contributed by atoms with Crippen molar-refractivity contribution in [3.8, 4) is 11.5 Å². The summed E-state index contributed by atoms with van der Waals surface area (Å²) in [4.78, 5) is -0.442. The van der Waals surface area contributed by atoms with Gasteiger partial charge in [0.25, 0.3) is 0 Å². The number of phenolic OH excluding ortho intramolecular Hbond substituents is 2. The third-order valence-corrected chi connectivity index (χ3v) is 4.16. The molecule has 0 fully saturated rings. The van der Waals surface area contributed by atoms with E-state index in [1.807, 2.05) is 0 Å². The fourth-order valence-electron chi connectivity index (χ4n) is 1.49. The number of rotatable bonds is 2. The summed E-state index contributed by atoms with van der Waals surface area (Å²) in [5.74, 6) is -0.675. The monoisotopic (exact) mass is 274 g/mol. The average molecular weight is 274 g/mol. The van der Waals surface area contributed by atoms with Crippen LogP contribution in [0.1, 0.15) is 0 Å². The minimum atomic E-state index is -3.90. The van der Waals surface area contributed by atoms with E-state index in [-0.39, 0.29) is 50.8 Å². The molecule has 0 atom stereocenters. The molecule has 18 heavy (non-hydrogen) atoms. The second-order valence-electron chi connectivity index (χ2n) is 3.44. The van der Waals surface area contributed by atoms with E-state index in [0.717, 1.165) is 0 Å². The molecule has 2 aromatic rings. The summed E-state index contributed by atoms with van der Waals surface area (Å²) in [6.07, 6.45) is 0. The average Bonchev–Trinajstić information content (AvgIpc) is 2.29. The summed E-state index contributed by atoms with van der Waals surface area (Å²) in [5, 5.41) is 19.1. The number of sulfone groups is 1. The zero-order valence-electron chi connectivity index (χ0n) is 8.74. The van der Waals surface area contributed by atoms with Gasteiger partial charge in [-0.15, -0.1) is 0 Å². The molecule has 0 spiro atoms. The molecular weight excluding hydrogens is 263 g/mol. The molecule has 0 saturated carbocycles. The Bertz CT molecular complexity index is 601. The Kier molecular flexibility index (Phi) is 4.81. The van der Waals surface area contributed by atoms with Gasteiger partial charge in [-0.1, -0.05) is 24.3 Å². The van der Waals surface area contributed by atoms with E-state index in [1.54, 1.807) is 0 Å². The molecule has 0 radical (unpaired) electrons. The second-order valence-corrected chi connectivity index (χ2v) is 5.33. The van der Waals surface area contributed by atoms with E-state index in [2.05, 4.69) is 0 Å². The fourth-order valence-corrected chi connectivity index (χ4v) is 2.93. The SMILES string of the molecule is O=S(=O)(c1ccccc1O)c1ccccc1O.[NaH]. The van der Waals surface area contributed by atoms with Crippen molar-refractivity contribution in [3.05, 3.63) is 48.5 Å². The van der Waals surface area contributed by atoms with Gasteiger partial charge in [0.15, 0.2) is 0 Å². The van der Waals surface area contributed by atoms with Crippen LogP contribution in [0.2, 0.25) is 0 Å². The van der Waals surface area contributed by atoms with Crippen molar-refractivity contribution in [2.75, 3.05) is 0 Å². The summed E-state index contributed by atoms with van der Waals surface area (Å²) in [6.45, 7) is 0. The third kappa shape index (κ3) is 2.70. The molecule has 0 aliphatic carbocycles. The fraction of sp³-hybridized carbons (Fsp3) is 0. The van der Waals surface area contributed by atoms with Gasteiger partial charge in [0.1, 0.15) is 21.3 Å². The Balaban J connectivity index is 0.00000162. The summed E-state index contributed by atoms with van der Waals surface area (Å²) in [5.41, 5.74) is 0. The van der Waals surface area contributed by atoms with Gasteiger partial charge in [-0.3, -0.25) is 0 Å². The van der Waals surface area contributed by atoms with Crippen molar-refractivity contribution in [2.45, 2.75) is 9.79 Å². The van der Waals surface area contributed by atoms with E-state index in [9.17, 15) is 18.6 Å². The Labute approximate surface area is 127 Å². The first kappa shape index (κ1) is 15.0. The van der Waals surface area contributed by atoms with Crippen LogP contribution in [0.3, 0.4) is 0 Å². The maximum absolute atomic E-state index is 12.2. The molecule has 0 unspecified atom stereocenters. The van der Waals surface area contributed by atoms with Crippen LogP contribution in [0.25, 0.3) is 0 Å². The zero-order chi connectivity index (χ0) is 12.5. The van der Waals surface area contributed by atoms with Crippen LogP contribution in [0.15, 0.2) is 58.3 Å². The van der Waals surface area contributed by atoms with E-state index < -0.39 is 9.84 Å². The summed E-state index contributed by atoms with van der Waals surface area (Å²) in [7, 11) is -3.90. The van der Waals surface area contributed by atoms with Gasteiger partial charge in [-0.2, -0.15) is 0 Å². The van der Waals surface area contributed by atoms with Gasteiger partial charge in [0.2, 0.25) is 9.84 Å². The van der Waals surface area contributed by atoms with Crippen molar-refractivity contribution in [3.63, 3.8) is 0 Å². The maximum atomic E-state index is 12.2. The van der Waals surface area contributed by atoms with Gasteiger partial charge < -0.3 is 10.2 Å². The summed E-state index contributed by atoms with van der Waals surface area (Å²) in [6, 6.07) is 11.2. The number of phenols is 2. The molecule has 2 N–H and O–H groups in total. The summed E-state index contributed by atoms with van der Waals surface area (Å²) >= 11 is 0. The van der Waals surface area contributed by atoms with Crippen molar-refractivity contribution >= 4 is 39.4 Å². The van der Waals surface area contributed by atoms with Crippen molar-refractivity contribution in [1.82, 2.24) is 0 Å². The molecule has 4 nitrogen and oxygen atoms in total. The number of benzene rings is 2. The Morgan fingerprint density at radius 1 is 0.722 bits per heavy atom. The predicted molar refractivity (Wildman–Crippen MR) is 68.8 cm³/mol. The molecule has 0 bridgehead atoms. The van der Waals surface area contributed by atoms with Gasteiger partial charge in [0, 0.05) is 0 Å². The van der Waals surface area contributed by atoms with Crippen molar-refractivity contribution < 1.29 is 18.6 Å². The first-order valence-corrected chi connectivity index (χ1v) is 6.33. The van der Waals surface area contributed by atoms with Crippen LogP contribution in [0, 0.1) is 0 Å². The summed E-state index contributed by atoms with van der Waals surface area (Å²) < 4.78 is 24.3. The molecule has 0 amide bonds. The molecule has 0 saturated heterocycles. The Morgan fingerprint density at radius 2 is 1.06 bits per heavy atom. The van der Waals surface area contributed by atoms with Crippen molar-refractivity contribution in [2.24, 2.45) is 0 Å². The van der Waals surface area contributed by atoms with E-state index in [1.165, 1.54) is 48.5 Å². The predicted octanol–water partition coefficient (Wildman–Crippen LogP) is 1.28. The van der Waals surface area contributed by atoms with Gasteiger partial charge >= 0.3 is 29.6 Å². The number of hydrogen-bond acceptors (Lipinski definition) is 4. The first-order chi connectivity index (χ1) is 8.03. The van der Waals surface area contributed by atoms with Crippen LogP contribution in [0.5, 0.6) is 11.5 Å². The molecule has 90 valence electrons. The second kappa shape index (κ2) is 5.75. The quantitative estimate of drug-likeness (QED) is 0.809. The van der Waals surface area contributed by atoms with E-state index >= 15 is 0 Å². The Morgan fingerprint density at radius 3 is 1.39 bits per heavy atom. The minimum absolute atomic E-state index is 0. The van der Waals surface area contributed by atoms with Crippen LogP contribution in [-0.4, -0.2) is 48.2 Å². The van der Waals surface area contributed by atoms with Crippen LogP contribution >= 0.6 is 0 Å². The number of hydrogen-bond donors (Lipinski definition) is 2. The molecule has 2 aromatic carbocycles. The van der Waals surface area contributed by atoms with Crippen LogP contribution < -0.4 is 0 Å². The van der Waals surface area contributed by atoms with Gasteiger partial charge in [-0.25, -0.2) is 8.42 Å². The number of aromatic hydroxyl groups is 2. The van der Waals surface area contributed by atoms with Gasteiger partial charge in [0.05, 0.1) is 0 Å². The standard InChI is InChI=1S/C12H10O4S.Na.H/c13-9-5-1-3-7-11(9)17(15,16)12-8-4-2-6-10(12)14;;/h1-8,13-14H;;. The molecule has 0 aliphatic heterocycles. The molecule has 2 rings (SSSR count). The number of para-hydroxylation sites is 2. The van der Waals surface area contributed by atoms with E-state index in [0.29, 0.717) is 0 Å². The van der Waals surface area contributed by atoms with E-state index in [4.69, 9.17) is 0 Å².